The Bertz CT molecular complexity index is 604. The topological polar surface area (TPSA) is 59.0 Å². The molecular formula is C16H22N4O. The van der Waals surface area contributed by atoms with Gasteiger partial charge in [0.2, 0.25) is 5.91 Å². The van der Waals surface area contributed by atoms with E-state index in [0.717, 1.165) is 30.2 Å². The largest absolute Gasteiger partial charge is 0.355 e. The average Bonchev–Trinajstić information content (AvgIpc) is 2.75. The number of carbonyl (C=O) groups is 1. The molecule has 2 N–H and O–H groups in total. The molecule has 0 saturated carbocycles. The molecule has 5 nitrogen and oxygen atoms in total. The van der Waals surface area contributed by atoms with Crippen LogP contribution in [0.4, 0.5) is 0 Å². The molecule has 1 aromatic carbocycles. The maximum absolute atomic E-state index is 10.8. The van der Waals surface area contributed by atoms with Gasteiger partial charge in [0.1, 0.15) is 0 Å². The lowest BCUT2D eigenvalue weighted by Crippen LogP contribution is -2.30. The summed E-state index contributed by atoms with van der Waals surface area (Å²) >= 11 is 0. The Kier molecular flexibility index (Phi) is 5.11. The van der Waals surface area contributed by atoms with Crippen molar-refractivity contribution >= 4 is 5.91 Å². The molecule has 2 rings (SSSR count). The van der Waals surface area contributed by atoms with E-state index in [1.807, 2.05) is 41.9 Å². The Balaban J connectivity index is 2.01. The van der Waals surface area contributed by atoms with Gasteiger partial charge in [-0.1, -0.05) is 18.2 Å². The molecule has 0 atom stereocenters. The third-order valence-electron chi connectivity index (χ3n) is 3.42. The number of hydrogen-bond acceptors (Lipinski definition) is 3. The van der Waals surface area contributed by atoms with Gasteiger partial charge in [-0.25, -0.2) is 4.68 Å². The lowest BCUT2D eigenvalue weighted by atomic mass is 10.2. The Hall–Kier alpha value is -2.14. The van der Waals surface area contributed by atoms with E-state index in [4.69, 9.17) is 0 Å². The molecule has 0 aliphatic heterocycles. The van der Waals surface area contributed by atoms with Gasteiger partial charge in [0.05, 0.1) is 11.4 Å². The van der Waals surface area contributed by atoms with Crippen molar-refractivity contribution in [2.24, 2.45) is 0 Å². The summed E-state index contributed by atoms with van der Waals surface area (Å²) in [5.74, 6) is 0.000980. The first-order valence-corrected chi connectivity index (χ1v) is 7.15. The molecule has 1 amide bonds. The van der Waals surface area contributed by atoms with Gasteiger partial charge in [-0.3, -0.25) is 4.79 Å². The fraction of sp³-hybridized carbons (Fsp3) is 0.375. The molecule has 0 saturated heterocycles. The van der Waals surface area contributed by atoms with E-state index in [-0.39, 0.29) is 5.91 Å². The number of aromatic nitrogens is 2. The van der Waals surface area contributed by atoms with Crippen molar-refractivity contribution in [3.63, 3.8) is 0 Å². The minimum absolute atomic E-state index is 0.000980. The number of carbonyl (C=O) groups excluding carboxylic acids is 1. The molecule has 2 aromatic rings. The fourth-order valence-electron chi connectivity index (χ4n) is 2.29. The van der Waals surface area contributed by atoms with Crippen LogP contribution in [-0.2, 0) is 11.3 Å². The number of nitrogens with zero attached hydrogens (tertiary/aromatic N) is 2. The van der Waals surface area contributed by atoms with Gasteiger partial charge < -0.3 is 10.6 Å². The van der Waals surface area contributed by atoms with Crippen molar-refractivity contribution in [2.75, 3.05) is 13.1 Å². The van der Waals surface area contributed by atoms with Crippen LogP contribution in [0, 0.1) is 13.8 Å². The molecule has 1 aromatic heterocycles. The molecule has 0 bridgehead atoms. The quantitative estimate of drug-likeness (QED) is 0.795. The summed E-state index contributed by atoms with van der Waals surface area (Å²) in [7, 11) is 0. The zero-order valence-electron chi connectivity index (χ0n) is 12.8. The van der Waals surface area contributed by atoms with Crippen molar-refractivity contribution in [2.45, 2.75) is 27.3 Å². The van der Waals surface area contributed by atoms with Gasteiger partial charge in [-0.15, -0.1) is 0 Å². The van der Waals surface area contributed by atoms with E-state index in [1.165, 1.54) is 12.5 Å². The number of rotatable bonds is 6. The van der Waals surface area contributed by atoms with E-state index in [1.54, 1.807) is 0 Å². The molecule has 112 valence electrons. The van der Waals surface area contributed by atoms with E-state index in [2.05, 4.69) is 22.7 Å². The molecule has 5 heteroatoms. The van der Waals surface area contributed by atoms with Crippen LogP contribution in [0.3, 0.4) is 0 Å². The highest BCUT2D eigenvalue weighted by Crippen LogP contribution is 2.17. The smallest absolute Gasteiger partial charge is 0.216 e. The minimum atomic E-state index is 0.000980. The van der Waals surface area contributed by atoms with E-state index < -0.39 is 0 Å². The van der Waals surface area contributed by atoms with Crippen LogP contribution >= 0.6 is 0 Å². The normalized spacial score (nSPS) is 10.6. The van der Waals surface area contributed by atoms with Gasteiger partial charge in [0.25, 0.3) is 0 Å². The second kappa shape index (κ2) is 7.04. The van der Waals surface area contributed by atoms with Crippen LogP contribution in [0.1, 0.15) is 23.9 Å². The third-order valence-corrected chi connectivity index (χ3v) is 3.42. The lowest BCUT2D eigenvalue weighted by Gasteiger charge is -2.07. The monoisotopic (exact) mass is 286 g/mol. The summed E-state index contributed by atoms with van der Waals surface area (Å²) in [5.41, 5.74) is 4.46. The summed E-state index contributed by atoms with van der Waals surface area (Å²) in [4.78, 5) is 10.8. The Morgan fingerprint density at radius 2 is 1.90 bits per heavy atom. The molecular weight excluding hydrogens is 264 g/mol. The first-order chi connectivity index (χ1) is 10.1. The summed E-state index contributed by atoms with van der Waals surface area (Å²) in [6.45, 7) is 7.77. The second-order valence-corrected chi connectivity index (χ2v) is 5.06. The molecule has 0 unspecified atom stereocenters. The highest BCUT2D eigenvalue weighted by Gasteiger charge is 2.11. The van der Waals surface area contributed by atoms with Crippen LogP contribution in [0.15, 0.2) is 30.3 Å². The van der Waals surface area contributed by atoms with E-state index >= 15 is 0 Å². The number of para-hydroxylation sites is 1. The van der Waals surface area contributed by atoms with Crippen molar-refractivity contribution in [1.29, 1.82) is 0 Å². The zero-order valence-corrected chi connectivity index (χ0v) is 12.8. The second-order valence-electron chi connectivity index (χ2n) is 5.06. The molecule has 0 aliphatic carbocycles. The molecule has 21 heavy (non-hydrogen) atoms. The van der Waals surface area contributed by atoms with Crippen LogP contribution < -0.4 is 10.6 Å². The van der Waals surface area contributed by atoms with Gasteiger partial charge in [0, 0.05) is 37.8 Å². The van der Waals surface area contributed by atoms with Crippen LogP contribution in [0.25, 0.3) is 5.69 Å². The first kappa shape index (κ1) is 15.3. The minimum Gasteiger partial charge on any atom is -0.355 e. The number of nitrogens with one attached hydrogen (secondary N) is 2. The fourth-order valence-corrected chi connectivity index (χ4v) is 2.29. The predicted octanol–water partition coefficient (Wildman–Crippen LogP) is 1.71. The number of hydrogen-bond donors (Lipinski definition) is 2. The van der Waals surface area contributed by atoms with Crippen LogP contribution in [-0.4, -0.2) is 28.8 Å². The van der Waals surface area contributed by atoms with Crippen molar-refractivity contribution in [3.05, 3.63) is 47.3 Å². The van der Waals surface area contributed by atoms with E-state index in [9.17, 15) is 4.79 Å². The highest BCUT2D eigenvalue weighted by atomic mass is 16.1. The van der Waals surface area contributed by atoms with Crippen molar-refractivity contribution < 1.29 is 4.79 Å². The Labute approximate surface area is 125 Å². The predicted molar refractivity (Wildman–Crippen MR) is 83.4 cm³/mol. The van der Waals surface area contributed by atoms with E-state index in [0.29, 0.717) is 6.54 Å². The standard InChI is InChI=1S/C16H22N4O/c1-12-16(11-17-9-10-18-14(3)21)13(2)20(19-12)15-7-5-4-6-8-15/h4-8,17H,9-11H2,1-3H3,(H,18,21). The molecule has 0 aliphatic rings. The summed E-state index contributed by atoms with van der Waals surface area (Å²) in [6, 6.07) is 10.1. The maximum atomic E-state index is 10.8. The summed E-state index contributed by atoms with van der Waals surface area (Å²) < 4.78 is 1.97. The van der Waals surface area contributed by atoms with Gasteiger partial charge in [0.15, 0.2) is 0 Å². The Morgan fingerprint density at radius 3 is 2.57 bits per heavy atom. The van der Waals surface area contributed by atoms with Crippen molar-refractivity contribution in [3.8, 4) is 5.69 Å². The SMILES string of the molecule is CC(=O)NCCNCc1c(C)nn(-c2ccccc2)c1C. The number of aryl methyl sites for hydroxylation is 1. The summed E-state index contributed by atoms with van der Waals surface area (Å²) in [5, 5.41) is 10.7. The van der Waals surface area contributed by atoms with Crippen LogP contribution in [0.2, 0.25) is 0 Å². The van der Waals surface area contributed by atoms with Crippen molar-refractivity contribution in [1.82, 2.24) is 20.4 Å². The number of amides is 1. The van der Waals surface area contributed by atoms with Gasteiger partial charge >= 0.3 is 0 Å². The zero-order chi connectivity index (χ0) is 15.2. The molecule has 0 spiro atoms. The molecule has 0 fully saturated rings. The average molecular weight is 286 g/mol. The first-order valence-electron chi connectivity index (χ1n) is 7.15. The maximum Gasteiger partial charge on any atom is 0.216 e. The van der Waals surface area contributed by atoms with Gasteiger partial charge in [-0.05, 0) is 26.0 Å². The lowest BCUT2D eigenvalue weighted by molar-refractivity contribution is -0.118. The molecule has 0 radical (unpaired) electrons. The highest BCUT2D eigenvalue weighted by molar-refractivity contribution is 5.72. The number of benzene rings is 1. The third kappa shape index (κ3) is 3.92. The Morgan fingerprint density at radius 1 is 1.19 bits per heavy atom. The van der Waals surface area contributed by atoms with Crippen LogP contribution in [0.5, 0.6) is 0 Å². The summed E-state index contributed by atoms with van der Waals surface area (Å²) in [6.07, 6.45) is 0. The molecule has 1 heterocycles. The van der Waals surface area contributed by atoms with Gasteiger partial charge in [-0.2, -0.15) is 5.10 Å².